The normalized spacial score (nSPS) is 37.2. The molecule has 0 heterocycles. The Balaban J connectivity index is 1.03. The van der Waals surface area contributed by atoms with Crippen molar-refractivity contribution in [2.75, 3.05) is 6.54 Å². The van der Waals surface area contributed by atoms with Crippen molar-refractivity contribution in [1.82, 2.24) is 10.6 Å². The molecule has 5 fully saturated rings. The molecule has 5 saturated carbocycles. The predicted molar refractivity (Wildman–Crippen MR) is 213 cm³/mol. The highest BCUT2D eigenvalue weighted by atomic mass is 16.4. The number of aryl methyl sites for hydroxylation is 1. The second kappa shape index (κ2) is 14.5. The van der Waals surface area contributed by atoms with E-state index in [0.717, 1.165) is 60.8 Å². The monoisotopic (exact) mass is 738 g/mol. The fourth-order valence-corrected chi connectivity index (χ4v) is 13.9. The summed E-state index contributed by atoms with van der Waals surface area (Å²) in [4.78, 5) is 25.8. The molecule has 5 aliphatic rings. The number of aromatic carboxylic acids is 1. The molecule has 0 spiro atoms. The van der Waals surface area contributed by atoms with Gasteiger partial charge in [-0.25, -0.2) is 4.79 Å². The molecule has 294 valence electrons. The number of carbonyl (C=O) groups is 2. The molecule has 7 heteroatoms. The minimum absolute atomic E-state index is 0.0440. The SMILES string of the molecule is C=C(C)C1CCC2(C(=O)NCCc3ccc(C)c(C(O)NCc4ccc(C(=O)O)cc4)c3)CCC3C(CCC4C3(C)CCC3C(C)(C)C(O)CCC34C)C12. The summed E-state index contributed by atoms with van der Waals surface area (Å²) in [7, 11) is 0. The van der Waals surface area contributed by atoms with Crippen LogP contribution in [0.5, 0.6) is 0 Å². The van der Waals surface area contributed by atoms with Crippen LogP contribution in [-0.4, -0.2) is 39.8 Å². The van der Waals surface area contributed by atoms with Crippen molar-refractivity contribution in [3.8, 4) is 0 Å². The predicted octanol–water partition coefficient (Wildman–Crippen LogP) is 8.76. The van der Waals surface area contributed by atoms with Crippen LogP contribution in [0, 0.1) is 64.1 Å². The number of hydrogen-bond acceptors (Lipinski definition) is 5. The summed E-state index contributed by atoms with van der Waals surface area (Å²) in [6.45, 7) is 19.5. The number of benzene rings is 2. The Morgan fingerprint density at radius 1 is 0.870 bits per heavy atom. The molecular formula is C47H66N2O5. The Morgan fingerprint density at radius 2 is 1.56 bits per heavy atom. The highest BCUT2D eigenvalue weighted by molar-refractivity contribution is 5.87. The Kier molecular flexibility index (Phi) is 10.5. The van der Waals surface area contributed by atoms with Gasteiger partial charge >= 0.3 is 5.97 Å². The van der Waals surface area contributed by atoms with Gasteiger partial charge in [0.1, 0.15) is 6.23 Å². The van der Waals surface area contributed by atoms with E-state index in [1.54, 1.807) is 24.3 Å². The maximum absolute atomic E-state index is 14.6. The lowest BCUT2D eigenvalue weighted by Crippen LogP contribution is -2.64. The van der Waals surface area contributed by atoms with E-state index < -0.39 is 12.2 Å². The summed E-state index contributed by atoms with van der Waals surface area (Å²) in [5.74, 6) is 2.41. The topological polar surface area (TPSA) is 119 Å². The van der Waals surface area contributed by atoms with Crippen molar-refractivity contribution >= 4 is 11.9 Å². The highest BCUT2D eigenvalue weighted by Crippen LogP contribution is 2.73. The minimum atomic E-state index is -0.959. The lowest BCUT2D eigenvalue weighted by Gasteiger charge is -2.69. The molecule has 7 nitrogen and oxygen atoms in total. The van der Waals surface area contributed by atoms with Gasteiger partial charge in [-0.05, 0) is 171 Å². The van der Waals surface area contributed by atoms with Gasteiger partial charge in [0, 0.05) is 13.1 Å². The number of fused-ring (bicyclic) bond motifs is 7. The summed E-state index contributed by atoms with van der Waals surface area (Å²) < 4.78 is 0. The van der Waals surface area contributed by atoms with Crippen LogP contribution in [0.15, 0.2) is 54.6 Å². The van der Waals surface area contributed by atoms with Gasteiger partial charge in [0.25, 0.3) is 0 Å². The summed E-state index contributed by atoms with van der Waals surface area (Å²) >= 11 is 0. The first-order chi connectivity index (χ1) is 25.5. The Labute approximate surface area is 323 Å². The molecule has 0 saturated heterocycles. The van der Waals surface area contributed by atoms with Crippen molar-refractivity contribution in [2.24, 2.45) is 57.2 Å². The van der Waals surface area contributed by atoms with Crippen molar-refractivity contribution < 1.29 is 24.9 Å². The first-order valence-electron chi connectivity index (χ1n) is 21.0. The first-order valence-corrected chi connectivity index (χ1v) is 21.0. The van der Waals surface area contributed by atoms with Gasteiger partial charge in [0.2, 0.25) is 5.91 Å². The van der Waals surface area contributed by atoms with E-state index in [4.69, 9.17) is 0 Å². The van der Waals surface area contributed by atoms with E-state index in [1.807, 2.05) is 19.1 Å². The Bertz CT molecular complexity index is 1750. The van der Waals surface area contributed by atoms with Crippen LogP contribution in [0.3, 0.4) is 0 Å². The minimum Gasteiger partial charge on any atom is -0.478 e. The standard InChI is InChI=1S/C47H66N2O5/c1-28(2)33-16-23-47(24-17-36-34(40(33)47)14-15-38-45(36,6)21-18-37-44(4,5)39(50)19-22-46(37,38)7)43(54)48-25-20-30-9-8-29(3)35(26-30)41(51)49-27-31-10-12-32(13-11-31)42(52)53/h8-13,26,33-34,36-41,49-51H,1,14-25,27H2,2-7H3,(H,48,54)(H,52,53). The zero-order valence-corrected chi connectivity index (χ0v) is 33.7. The van der Waals surface area contributed by atoms with E-state index in [-0.39, 0.29) is 39.2 Å². The lowest BCUT2D eigenvalue weighted by molar-refractivity contribution is -0.216. The number of carboxylic acids is 1. The maximum Gasteiger partial charge on any atom is 0.335 e. The Hall–Kier alpha value is -3.00. The van der Waals surface area contributed by atoms with E-state index in [2.05, 4.69) is 57.9 Å². The molecule has 2 aromatic carbocycles. The number of amides is 1. The maximum atomic E-state index is 14.6. The highest BCUT2D eigenvalue weighted by Gasteiger charge is 2.68. The van der Waals surface area contributed by atoms with Crippen LogP contribution in [0.4, 0.5) is 0 Å². The summed E-state index contributed by atoms with van der Waals surface area (Å²) in [6, 6.07) is 12.8. The zero-order chi connectivity index (χ0) is 38.8. The third kappa shape index (κ3) is 6.48. The number of carbonyl (C=O) groups excluding carboxylic acids is 1. The number of carboxylic acid groups (broad SMARTS) is 1. The van der Waals surface area contributed by atoms with Crippen LogP contribution in [-0.2, 0) is 17.8 Å². The average molecular weight is 739 g/mol. The second-order valence-corrected chi connectivity index (χ2v) is 19.6. The van der Waals surface area contributed by atoms with Crippen molar-refractivity contribution in [3.05, 3.63) is 82.4 Å². The molecule has 11 atom stereocenters. The molecule has 54 heavy (non-hydrogen) atoms. The van der Waals surface area contributed by atoms with E-state index in [0.29, 0.717) is 55.0 Å². The molecule has 5 N–H and O–H groups in total. The molecule has 11 unspecified atom stereocenters. The molecule has 2 aromatic rings. The molecule has 1 amide bonds. The third-order valence-electron chi connectivity index (χ3n) is 16.7. The van der Waals surface area contributed by atoms with Crippen LogP contribution in [0.2, 0.25) is 0 Å². The number of allylic oxidation sites excluding steroid dienone is 1. The largest absolute Gasteiger partial charge is 0.478 e. The van der Waals surface area contributed by atoms with Gasteiger partial charge in [-0.15, -0.1) is 0 Å². The lowest BCUT2D eigenvalue weighted by atomic mass is 9.36. The fourth-order valence-electron chi connectivity index (χ4n) is 13.9. The summed E-state index contributed by atoms with van der Waals surface area (Å²) in [5.41, 5.74) is 5.37. The van der Waals surface area contributed by atoms with Gasteiger partial charge in [-0.1, -0.05) is 70.2 Å². The smallest absolute Gasteiger partial charge is 0.335 e. The van der Waals surface area contributed by atoms with Gasteiger partial charge in [-0.2, -0.15) is 0 Å². The molecule has 7 rings (SSSR count). The number of hydrogen-bond donors (Lipinski definition) is 5. The second-order valence-electron chi connectivity index (χ2n) is 19.6. The number of aliphatic hydroxyl groups excluding tert-OH is 2. The van der Waals surface area contributed by atoms with Crippen molar-refractivity contribution in [2.45, 2.75) is 131 Å². The first kappa shape index (κ1) is 39.2. The van der Waals surface area contributed by atoms with Gasteiger partial charge in [0.15, 0.2) is 0 Å². The van der Waals surface area contributed by atoms with Crippen LogP contribution < -0.4 is 10.6 Å². The number of aliphatic hydroxyl groups is 2. The third-order valence-corrected chi connectivity index (χ3v) is 16.7. The van der Waals surface area contributed by atoms with Crippen LogP contribution in [0.1, 0.15) is 138 Å². The van der Waals surface area contributed by atoms with Crippen molar-refractivity contribution in [1.29, 1.82) is 0 Å². The van der Waals surface area contributed by atoms with E-state index >= 15 is 0 Å². The number of rotatable bonds is 10. The molecule has 0 radical (unpaired) electrons. The summed E-state index contributed by atoms with van der Waals surface area (Å²) in [5, 5.41) is 38.0. The van der Waals surface area contributed by atoms with Crippen LogP contribution in [0.25, 0.3) is 0 Å². The summed E-state index contributed by atoms with van der Waals surface area (Å²) in [6.07, 6.45) is 10.6. The Morgan fingerprint density at radius 3 is 2.26 bits per heavy atom. The van der Waals surface area contributed by atoms with Crippen molar-refractivity contribution in [3.63, 3.8) is 0 Å². The van der Waals surface area contributed by atoms with Gasteiger partial charge < -0.3 is 20.6 Å². The molecule has 0 bridgehead atoms. The quantitative estimate of drug-likeness (QED) is 0.123. The van der Waals surface area contributed by atoms with Crippen LogP contribution >= 0.6 is 0 Å². The molecular weight excluding hydrogens is 673 g/mol. The van der Waals surface area contributed by atoms with Gasteiger partial charge in [0.05, 0.1) is 17.1 Å². The average Bonchev–Trinajstić information content (AvgIpc) is 3.55. The van der Waals surface area contributed by atoms with E-state index in [1.165, 1.54) is 31.3 Å². The van der Waals surface area contributed by atoms with E-state index in [9.17, 15) is 24.9 Å². The fraction of sp³-hybridized carbons (Fsp3) is 0.660. The molecule has 0 aromatic heterocycles. The molecule has 5 aliphatic carbocycles. The van der Waals surface area contributed by atoms with Gasteiger partial charge in [-0.3, -0.25) is 10.1 Å². The number of nitrogens with one attached hydrogen (secondary N) is 2. The zero-order valence-electron chi connectivity index (χ0n) is 33.7. The molecule has 0 aliphatic heterocycles.